The van der Waals surface area contributed by atoms with Crippen molar-refractivity contribution < 1.29 is 4.79 Å². The first kappa shape index (κ1) is 13.7. The van der Waals surface area contributed by atoms with Crippen LogP contribution in [0.5, 0.6) is 0 Å². The van der Waals surface area contributed by atoms with Crippen molar-refractivity contribution in [1.29, 1.82) is 0 Å². The van der Waals surface area contributed by atoms with Crippen molar-refractivity contribution >= 4 is 17.3 Å². The van der Waals surface area contributed by atoms with E-state index in [1.165, 1.54) is 12.8 Å². The molecule has 1 fully saturated rings. The number of amides is 1. The number of rotatable bonds is 3. The van der Waals surface area contributed by atoms with Crippen LogP contribution in [-0.2, 0) is 0 Å². The molecule has 0 aliphatic heterocycles. The number of benzene rings is 1. The Balaban J connectivity index is 2.17. The summed E-state index contributed by atoms with van der Waals surface area (Å²) in [6.07, 6.45) is 4.71. The van der Waals surface area contributed by atoms with Crippen molar-refractivity contribution in [2.45, 2.75) is 45.6 Å². The molecule has 0 heterocycles. The van der Waals surface area contributed by atoms with Gasteiger partial charge in [0, 0.05) is 17.4 Å². The molecular formula is C15H23N3O. The fraction of sp³-hybridized carbons (Fsp3) is 0.533. The number of nitrogen functional groups attached to an aromatic ring is 1. The monoisotopic (exact) mass is 261 g/mol. The molecule has 5 N–H and O–H groups in total. The van der Waals surface area contributed by atoms with Crippen LogP contribution in [0, 0.1) is 5.41 Å². The lowest BCUT2D eigenvalue weighted by Crippen LogP contribution is -2.32. The molecule has 1 atom stereocenters. The highest BCUT2D eigenvalue weighted by atomic mass is 16.1. The molecule has 1 aromatic carbocycles. The largest absolute Gasteiger partial charge is 0.399 e. The van der Waals surface area contributed by atoms with E-state index in [0.29, 0.717) is 22.7 Å². The van der Waals surface area contributed by atoms with Gasteiger partial charge in [-0.1, -0.05) is 20.3 Å². The highest BCUT2D eigenvalue weighted by molar-refractivity contribution is 5.99. The Morgan fingerprint density at radius 1 is 1.42 bits per heavy atom. The van der Waals surface area contributed by atoms with Gasteiger partial charge in [0.1, 0.15) is 0 Å². The molecule has 0 aromatic heterocycles. The van der Waals surface area contributed by atoms with Gasteiger partial charge in [0.15, 0.2) is 0 Å². The maximum absolute atomic E-state index is 11.5. The third-order valence-electron chi connectivity index (χ3n) is 3.87. The summed E-state index contributed by atoms with van der Waals surface area (Å²) in [7, 11) is 0. The van der Waals surface area contributed by atoms with Gasteiger partial charge in [0.2, 0.25) is 0 Å². The molecule has 0 radical (unpaired) electrons. The summed E-state index contributed by atoms with van der Waals surface area (Å²) in [5.74, 6) is -0.440. The lowest BCUT2D eigenvalue weighted by atomic mass is 9.75. The predicted molar refractivity (Wildman–Crippen MR) is 79.0 cm³/mol. The van der Waals surface area contributed by atoms with Crippen LogP contribution in [0.2, 0.25) is 0 Å². The third-order valence-corrected chi connectivity index (χ3v) is 3.87. The first-order chi connectivity index (χ1) is 8.87. The molecule has 19 heavy (non-hydrogen) atoms. The summed E-state index contributed by atoms with van der Waals surface area (Å²) in [6.45, 7) is 4.58. The van der Waals surface area contributed by atoms with Gasteiger partial charge in [-0.3, -0.25) is 4.79 Å². The zero-order chi connectivity index (χ0) is 14.0. The maximum Gasteiger partial charge on any atom is 0.250 e. The second kappa shape index (κ2) is 5.11. The summed E-state index contributed by atoms with van der Waals surface area (Å²) in [5.41, 5.74) is 13.3. The Morgan fingerprint density at radius 3 is 2.79 bits per heavy atom. The van der Waals surface area contributed by atoms with Gasteiger partial charge in [-0.2, -0.15) is 0 Å². The second-order valence-corrected chi connectivity index (χ2v) is 6.27. The van der Waals surface area contributed by atoms with E-state index in [1.54, 1.807) is 12.1 Å². The number of primary amides is 1. The molecule has 0 bridgehead atoms. The van der Waals surface area contributed by atoms with Crippen LogP contribution >= 0.6 is 0 Å². The highest BCUT2D eigenvalue weighted by Gasteiger charge is 2.28. The van der Waals surface area contributed by atoms with Gasteiger partial charge in [-0.05, 0) is 42.9 Å². The molecule has 4 heteroatoms. The van der Waals surface area contributed by atoms with Crippen molar-refractivity contribution in [3.05, 3.63) is 23.8 Å². The number of nitrogens with one attached hydrogen (secondary N) is 1. The molecule has 1 unspecified atom stereocenters. The zero-order valence-electron chi connectivity index (χ0n) is 11.7. The lowest BCUT2D eigenvalue weighted by Gasteiger charge is -2.36. The van der Waals surface area contributed by atoms with Gasteiger partial charge in [-0.25, -0.2) is 0 Å². The fourth-order valence-electron chi connectivity index (χ4n) is 2.93. The fourth-order valence-corrected chi connectivity index (χ4v) is 2.93. The van der Waals surface area contributed by atoms with Crippen molar-refractivity contribution in [2.75, 3.05) is 11.1 Å². The van der Waals surface area contributed by atoms with E-state index >= 15 is 0 Å². The minimum Gasteiger partial charge on any atom is -0.399 e. The Bertz CT molecular complexity index is 482. The molecule has 1 saturated carbocycles. The molecule has 2 rings (SSSR count). The Morgan fingerprint density at radius 2 is 2.16 bits per heavy atom. The van der Waals surface area contributed by atoms with Crippen LogP contribution in [0.1, 0.15) is 49.9 Å². The van der Waals surface area contributed by atoms with Gasteiger partial charge in [0.05, 0.1) is 5.56 Å². The molecule has 1 aliphatic rings. The van der Waals surface area contributed by atoms with Crippen LogP contribution in [0.4, 0.5) is 11.4 Å². The molecule has 1 aromatic rings. The van der Waals surface area contributed by atoms with E-state index in [1.807, 2.05) is 6.07 Å². The minimum absolute atomic E-state index is 0.358. The van der Waals surface area contributed by atoms with Crippen molar-refractivity contribution in [2.24, 2.45) is 11.1 Å². The number of hydrogen-bond donors (Lipinski definition) is 3. The van der Waals surface area contributed by atoms with Gasteiger partial charge in [0.25, 0.3) is 5.91 Å². The molecule has 104 valence electrons. The molecule has 0 saturated heterocycles. The average Bonchev–Trinajstić information content (AvgIpc) is 2.30. The number of nitrogens with two attached hydrogens (primary N) is 2. The van der Waals surface area contributed by atoms with E-state index in [-0.39, 0.29) is 0 Å². The molecule has 0 spiro atoms. The van der Waals surface area contributed by atoms with E-state index in [0.717, 1.165) is 18.5 Å². The van der Waals surface area contributed by atoms with Crippen LogP contribution in [-0.4, -0.2) is 11.9 Å². The number of anilines is 2. The van der Waals surface area contributed by atoms with Crippen LogP contribution in [0.3, 0.4) is 0 Å². The molecular weight excluding hydrogens is 238 g/mol. The SMILES string of the molecule is CC1(C)CCCC(Nc2ccc(N)cc2C(N)=O)C1. The normalized spacial score (nSPS) is 21.9. The number of carbonyl (C=O) groups is 1. The number of carbonyl (C=O) groups excluding carboxylic acids is 1. The molecule has 1 aliphatic carbocycles. The Kier molecular flexibility index (Phi) is 3.69. The lowest BCUT2D eigenvalue weighted by molar-refractivity contribution is 0.100. The Labute approximate surface area is 114 Å². The quantitative estimate of drug-likeness (QED) is 0.732. The predicted octanol–water partition coefficient (Wildman–Crippen LogP) is 2.75. The molecule has 4 nitrogen and oxygen atoms in total. The summed E-state index contributed by atoms with van der Waals surface area (Å²) in [4.78, 5) is 11.5. The van der Waals surface area contributed by atoms with E-state index in [2.05, 4.69) is 19.2 Å². The van der Waals surface area contributed by atoms with Gasteiger partial charge >= 0.3 is 0 Å². The maximum atomic E-state index is 11.5. The first-order valence-corrected chi connectivity index (χ1v) is 6.83. The smallest absolute Gasteiger partial charge is 0.250 e. The van der Waals surface area contributed by atoms with Gasteiger partial charge < -0.3 is 16.8 Å². The van der Waals surface area contributed by atoms with E-state index < -0.39 is 5.91 Å². The van der Waals surface area contributed by atoms with Crippen LogP contribution in [0.15, 0.2) is 18.2 Å². The summed E-state index contributed by atoms with van der Waals surface area (Å²) >= 11 is 0. The summed E-state index contributed by atoms with van der Waals surface area (Å²) < 4.78 is 0. The third kappa shape index (κ3) is 3.40. The first-order valence-electron chi connectivity index (χ1n) is 6.83. The standard InChI is InChI=1S/C15H23N3O/c1-15(2)7-3-4-11(9-15)18-13-6-5-10(16)8-12(13)14(17)19/h5-6,8,11,18H,3-4,7,9,16H2,1-2H3,(H2,17,19). The van der Waals surface area contributed by atoms with E-state index in [4.69, 9.17) is 11.5 Å². The van der Waals surface area contributed by atoms with Crippen LogP contribution in [0.25, 0.3) is 0 Å². The van der Waals surface area contributed by atoms with Crippen molar-refractivity contribution in [1.82, 2.24) is 0 Å². The van der Waals surface area contributed by atoms with Crippen LogP contribution < -0.4 is 16.8 Å². The highest BCUT2D eigenvalue weighted by Crippen LogP contribution is 2.36. The zero-order valence-corrected chi connectivity index (χ0v) is 11.7. The van der Waals surface area contributed by atoms with Gasteiger partial charge in [-0.15, -0.1) is 0 Å². The van der Waals surface area contributed by atoms with Crippen molar-refractivity contribution in [3.8, 4) is 0 Å². The molecule has 1 amide bonds. The summed E-state index contributed by atoms with van der Waals surface area (Å²) in [6, 6.07) is 5.67. The second-order valence-electron chi connectivity index (χ2n) is 6.27. The Hall–Kier alpha value is -1.71. The average molecular weight is 261 g/mol. The topological polar surface area (TPSA) is 81.1 Å². The number of hydrogen-bond acceptors (Lipinski definition) is 3. The summed E-state index contributed by atoms with van der Waals surface area (Å²) in [5, 5.41) is 3.46. The van der Waals surface area contributed by atoms with E-state index in [9.17, 15) is 4.79 Å². The minimum atomic E-state index is -0.440. The van der Waals surface area contributed by atoms with Crippen molar-refractivity contribution in [3.63, 3.8) is 0 Å².